The van der Waals surface area contributed by atoms with Crippen LogP contribution in [-0.2, 0) is 6.54 Å². The molecule has 4 rings (SSSR count). The Morgan fingerprint density at radius 2 is 2.00 bits per heavy atom. The molecule has 102 valence electrons. The lowest BCUT2D eigenvalue weighted by molar-refractivity contribution is 0.356. The predicted molar refractivity (Wildman–Crippen MR) is 74.6 cm³/mol. The summed E-state index contributed by atoms with van der Waals surface area (Å²) in [4.78, 5) is 0. The van der Waals surface area contributed by atoms with E-state index < -0.39 is 0 Å². The average Bonchev–Trinajstić information content (AvgIpc) is 2.47. The summed E-state index contributed by atoms with van der Waals surface area (Å²) in [6, 6.07) is 7.51. The molecule has 0 spiro atoms. The summed E-state index contributed by atoms with van der Waals surface area (Å²) < 4.78 is 5.93. The van der Waals surface area contributed by atoms with Crippen LogP contribution < -0.4 is 10.1 Å². The molecule has 2 aromatic carbocycles. The minimum absolute atomic E-state index is 0.148. The van der Waals surface area contributed by atoms with Crippen molar-refractivity contribution in [1.29, 1.82) is 0 Å². The van der Waals surface area contributed by atoms with Gasteiger partial charge in [-0.2, -0.15) is 0 Å². The van der Waals surface area contributed by atoms with E-state index in [0.29, 0.717) is 5.75 Å². The standard InChI is InChI=1S/C16H15NO3/c1-8-2-3-9-6-17-7-11-10-4-5-12(18)14(19)16(10)20-15(8)13(9)11/h2-5,11,17-19H,6-7H2,1H3. The number of aryl methyl sites for hydroxylation is 1. The van der Waals surface area contributed by atoms with Crippen molar-refractivity contribution < 1.29 is 14.9 Å². The molecule has 0 fully saturated rings. The Balaban J connectivity index is 2.02. The minimum Gasteiger partial charge on any atom is -0.504 e. The Morgan fingerprint density at radius 1 is 1.15 bits per heavy atom. The number of ether oxygens (including phenoxy) is 1. The monoisotopic (exact) mass is 269 g/mol. The van der Waals surface area contributed by atoms with Gasteiger partial charge in [-0.3, -0.25) is 0 Å². The van der Waals surface area contributed by atoms with Crippen molar-refractivity contribution in [1.82, 2.24) is 5.32 Å². The molecule has 2 aliphatic rings. The van der Waals surface area contributed by atoms with Gasteiger partial charge in [0, 0.05) is 30.1 Å². The van der Waals surface area contributed by atoms with Crippen molar-refractivity contribution in [3.8, 4) is 23.0 Å². The van der Waals surface area contributed by atoms with Gasteiger partial charge >= 0.3 is 0 Å². The molecule has 4 nitrogen and oxygen atoms in total. The largest absolute Gasteiger partial charge is 0.504 e. The second kappa shape index (κ2) is 3.90. The third kappa shape index (κ3) is 1.40. The number of hydrogen-bond donors (Lipinski definition) is 3. The van der Waals surface area contributed by atoms with E-state index in [1.165, 1.54) is 17.2 Å². The first-order valence-electron chi connectivity index (χ1n) is 6.72. The van der Waals surface area contributed by atoms with Gasteiger partial charge < -0.3 is 20.3 Å². The fraction of sp³-hybridized carbons (Fsp3) is 0.250. The molecule has 1 unspecified atom stereocenters. The lowest BCUT2D eigenvalue weighted by Gasteiger charge is -2.34. The molecule has 0 radical (unpaired) electrons. The summed E-state index contributed by atoms with van der Waals surface area (Å²) in [6.45, 7) is 3.64. The average molecular weight is 269 g/mol. The molecule has 0 amide bonds. The van der Waals surface area contributed by atoms with Crippen LogP contribution in [0, 0.1) is 6.92 Å². The molecule has 0 saturated carbocycles. The number of aromatic hydroxyl groups is 2. The van der Waals surface area contributed by atoms with Crippen molar-refractivity contribution in [3.05, 3.63) is 46.5 Å². The van der Waals surface area contributed by atoms with Gasteiger partial charge in [0.25, 0.3) is 0 Å². The van der Waals surface area contributed by atoms with Crippen molar-refractivity contribution in [2.24, 2.45) is 0 Å². The molecule has 3 N–H and O–H groups in total. The van der Waals surface area contributed by atoms with Crippen molar-refractivity contribution in [2.75, 3.05) is 6.54 Å². The van der Waals surface area contributed by atoms with Crippen LogP contribution in [0.2, 0.25) is 0 Å². The highest BCUT2D eigenvalue weighted by Crippen LogP contribution is 2.53. The van der Waals surface area contributed by atoms with E-state index in [9.17, 15) is 10.2 Å². The number of phenols is 2. The van der Waals surface area contributed by atoms with Crippen LogP contribution in [0.5, 0.6) is 23.0 Å². The Labute approximate surface area is 116 Å². The van der Waals surface area contributed by atoms with Crippen molar-refractivity contribution >= 4 is 0 Å². The van der Waals surface area contributed by atoms with Gasteiger partial charge in [-0.25, -0.2) is 0 Å². The second-order valence-corrected chi connectivity index (χ2v) is 5.42. The first kappa shape index (κ1) is 11.6. The SMILES string of the molecule is Cc1ccc2c3c1Oc1c(ccc(O)c1O)C3CNC2. The Morgan fingerprint density at radius 3 is 2.85 bits per heavy atom. The first-order valence-corrected chi connectivity index (χ1v) is 6.72. The van der Waals surface area contributed by atoms with Crippen LogP contribution in [0.4, 0.5) is 0 Å². The second-order valence-electron chi connectivity index (χ2n) is 5.42. The van der Waals surface area contributed by atoms with E-state index in [4.69, 9.17) is 4.74 Å². The van der Waals surface area contributed by atoms with Gasteiger partial charge in [-0.15, -0.1) is 0 Å². The lowest BCUT2D eigenvalue weighted by Crippen LogP contribution is -2.31. The zero-order valence-electron chi connectivity index (χ0n) is 11.1. The van der Waals surface area contributed by atoms with E-state index in [2.05, 4.69) is 11.4 Å². The van der Waals surface area contributed by atoms with Crippen LogP contribution in [-0.4, -0.2) is 16.8 Å². The van der Waals surface area contributed by atoms with Gasteiger partial charge in [-0.1, -0.05) is 18.2 Å². The Kier molecular flexibility index (Phi) is 2.26. The number of benzene rings is 2. The molecular weight excluding hydrogens is 254 g/mol. The predicted octanol–water partition coefficient (Wildman–Crippen LogP) is 2.75. The fourth-order valence-electron chi connectivity index (χ4n) is 3.20. The summed E-state index contributed by atoms with van der Waals surface area (Å²) in [6.07, 6.45) is 0. The topological polar surface area (TPSA) is 61.7 Å². The molecule has 0 aromatic heterocycles. The van der Waals surface area contributed by atoms with Gasteiger partial charge in [0.1, 0.15) is 5.75 Å². The van der Waals surface area contributed by atoms with E-state index in [1.54, 1.807) is 0 Å². The maximum absolute atomic E-state index is 10.1. The third-order valence-electron chi connectivity index (χ3n) is 4.22. The zero-order chi connectivity index (χ0) is 13.9. The number of hydrogen-bond acceptors (Lipinski definition) is 4. The van der Waals surface area contributed by atoms with E-state index in [-0.39, 0.29) is 17.4 Å². The summed E-state index contributed by atoms with van der Waals surface area (Å²) >= 11 is 0. The van der Waals surface area contributed by atoms with E-state index in [0.717, 1.165) is 30.0 Å². The van der Waals surface area contributed by atoms with Gasteiger partial charge in [-0.05, 0) is 24.1 Å². The quantitative estimate of drug-likeness (QED) is 0.644. The third-order valence-corrected chi connectivity index (χ3v) is 4.22. The molecule has 2 heterocycles. The Hall–Kier alpha value is -2.20. The highest BCUT2D eigenvalue weighted by atomic mass is 16.5. The van der Waals surface area contributed by atoms with Crippen LogP contribution in [0.15, 0.2) is 24.3 Å². The summed E-state index contributed by atoms with van der Waals surface area (Å²) in [5.41, 5.74) is 4.41. The lowest BCUT2D eigenvalue weighted by atomic mass is 9.81. The number of nitrogens with one attached hydrogen (secondary N) is 1. The van der Waals surface area contributed by atoms with Crippen LogP contribution >= 0.6 is 0 Å². The van der Waals surface area contributed by atoms with Crippen LogP contribution in [0.1, 0.15) is 28.2 Å². The smallest absolute Gasteiger partial charge is 0.201 e. The molecule has 0 aliphatic carbocycles. The van der Waals surface area contributed by atoms with E-state index >= 15 is 0 Å². The highest BCUT2D eigenvalue weighted by Gasteiger charge is 2.34. The fourth-order valence-corrected chi connectivity index (χ4v) is 3.20. The summed E-state index contributed by atoms with van der Waals surface area (Å²) in [7, 11) is 0. The molecule has 2 aromatic rings. The van der Waals surface area contributed by atoms with Gasteiger partial charge in [0.15, 0.2) is 11.5 Å². The van der Waals surface area contributed by atoms with Gasteiger partial charge in [0.2, 0.25) is 5.75 Å². The van der Waals surface area contributed by atoms with Crippen LogP contribution in [0.3, 0.4) is 0 Å². The molecule has 20 heavy (non-hydrogen) atoms. The number of rotatable bonds is 0. The molecule has 0 bridgehead atoms. The van der Waals surface area contributed by atoms with Gasteiger partial charge in [0.05, 0.1) is 0 Å². The number of fused-ring (bicyclic) bond motifs is 2. The maximum atomic E-state index is 10.1. The molecule has 0 saturated heterocycles. The summed E-state index contributed by atoms with van der Waals surface area (Å²) in [5.74, 6) is 1.03. The molecule has 1 atom stereocenters. The number of phenolic OH excluding ortho intramolecular Hbond substituents is 2. The Bertz CT molecular complexity index is 724. The maximum Gasteiger partial charge on any atom is 0.201 e. The normalized spacial score (nSPS) is 18.9. The highest BCUT2D eigenvalue weighted by molar-refractivity contribution is 5.65. The molecule has 4 heteroatoms. The summed E-state index contributed by atoms with van der Waals surface area (Å²) in [5, 5.41) is 23.1. The minimum atomic E-state index is -0.177. The molecular formula is C16H15NO3. The first-order chi connectivity index (χ1) is 9.66. The molecule has 2 aliphatic heterocycles. The van der Waals surface area contributed by atoms with Crippen molar-refractivity contribution in [3.63, 3.8) is 0 Å². The van der Waals surface area contributed by atoms with Crippen LogP contribution in [0.25, 0.3) is 0 Å². The van der Waals surface area contributed by atoms with Crippen molar-refractivity contribution in [2.45, 2.75) is 19.4 Å². The van der Waals surface area contributed by atoms with E-state index in [1.807, 2.05) is 19.1 Å². The zero-order valence-corrected chi connectivity index (χ0v) is 11.1.